The SMILES string of the molecule is CCCOC(=O)c1c(NC(=O)[C@@H]2[C@@H](C(=O)O)[C@H]3C=C[C@@H]2CC3)sc2c1CCC2. The highest BCUT2D eigenvalue weighted by Gasteiger charge is 2.48. The van der Waals surface area contributed by atoms with Crippen LogP contribution >= 0.6 is 11.3 Å². The Morgan fingerprint density at radius 1 is 1.18 bits per heavy atom. The molecule has 0 saturated heterocycles. The number of ether oxygens (including phenoxy) is 1. The normalized spacial score (nSPS) is 27.5. The summed E-state index contributed by atoms with van der Waals surface area (Å²) in [5.74, 6) is -3.07. The van der Waals surface area contributed by atoms with Gasteiger partial charge in [-0.3, -0.25) is 9.59 Å². The van der Waals surface area contributed by atoms with E-state index in [9.17, 15) is 19.5 Å². The molecule has 1 saturated carbocycles. The van der Waals surface area contributed by atoms with Crippen LogP contribution in [0.4, 0.5) is 5.00 Å². The van der Waals surface area contributed by atoms with Crippen molar-refractivity contribution < 1.29 is 24.2 Å². The minimum absolute atomic E-state index is 0.0617. The zero-order valence-corrected chi connectivity index (χ0v) is 16.7. The van der Waals surface area contributed by atoms with Crippen LogP contribution in [0.25, 0.3) is 0 Å². The molecule has 1 aromatic rings. The third-order valence-electron chi connectivity index (χ3n) is 6.14. The van der Waals surface area contributed by atoms with Crippen molar-refractivity contribution in [2.24, 2.45) is 23.7 Å². The molecule has 150 valence electrons. The number of rotatable bonds is 6. The summed E-state index contributed by atoms with van der Waals surface area (Å²) in [6.45, 7) is 2.28. The number of aryl methyl sites for hydroxylation is 1. The molecule has 7 heteroatoms. The van der Waals surface area contributed by atoms with Crippen LogP contribution in [0.2, 0.25) is 0 Å². The minimum atomic E-state index is -0.921. The highest BCUT2D eigenvalue weighted by Crippen LogP contribution is 2.46. The van der Waals surface area contributed by atoms with Crippen molar-refractivity contribution in [2.75, 3.05) is 11.9 Å². The van der Waals surface area contributed by atoms with Crippen molar-refractivity contribution in [3.8, 4) is 0 Å². The van der Waals surface area contributed by atoms with Gasteiger partial charge in [0.2, 0.25) is 5.91 Å². The second kappa shape index (κ2) is 7.70. The summed E-state index contributed by atoms with van der Waals surface area (Å²) < 4.78 is 5.35. The van der Waals surface area contributed by atoms with E-state index in [2.05, 4.69) is 5.32 Å². The fourth-order valence-electron chi connectivity index (χ4n) is 4.86. The van der Waals surface area contributed by atoms with Gasteiger partial charge in [-0.15, -0.1) is 11.3 Å². The van der Waals surface area contributed by atoms with Crippen LogP contribution in [0, 0.1) is 23.7 Å². The second-order valence-corrected chi connectivity index (χ2v) is 8.97. The zero-order chi connectivity index (χ0) is 19.8. The Morgan fingerprint density at radius 3 is 2.54 bits per heavy atom. The number of carboxylic acids is 1. The quantitative estimate of drug-likeness (QED) is 0.559. The number of thiophene rings is 1. The number of carboxylic acid groups (broad SMARTS) is 1. The third-order valence-corrected chi connectivity index (χ3v) is 7.34. The average Bonchev–Trinajstić information content (AvgIpc) is 3.26. The molecule has 6 nitrogen and oxygen atoms in total. The van der Waals surface area contributed by atoms with Gasteiger partial charge in [0.1, 0.15) is 5.00 Å². The minimum Gasteiger partial charge on any atom is -0.481 e. The second-order valence-electron chi connectivity index (χ2n) is 7.87. The van der Waals surface area contributed by atoms with Crippen LogP contribution in [-0.4, -0.2) is 29.6 Å². The predicted octanol–water partition coefficient (Wildman–Crippen LogP) is 3.66. The van der Waals surface area contributed by atoms with Gasteiger partial charge in [0.15, 0.2) is 0 Å². The summed E-state index contributed by atoms with van der Waals surface area (Å²) in [5.41, 5.74) is 1.46. The van der Waals surface area contributed by atoms with E-state index in [-0.39, 0.29) is 17.7 Å². The van der Waals surface area contributed by atoms with E-state index in [0.717, 1.165) is 49.0 Å². The van der Waals surface area contributed by atoms with Gasteiger partial charge in [-0.25, -0.2) is 4.79 Å². The molecule has 28 heavy (non-hydrogen) atoms. The number of fused-ring (bicyclic) bond motifs is 3. The van der Waals surface area contributed by atoms with Crippen LogP contribution in [0.15, 0.2) is 12.2 Å². The fourth-order valence-corrected chi connectivity index (χ4v) is 6.14. The van der Waals surface area contributed by atoms with Gasteiger partial charge in [-0.1, -0.05) is 19.1 Å². The number of amides is 1. The van der Waals surface area contributed by atoms with Crippen molar-refractivity contribution >= 4 is 34.2 Å². The van der Waals surface area contributed by atoms with Crippen LogP contribution in [0.3, 0.4) is 0 Å². The van der Waals surface area contributed by atoms with Crippen molar-refractivity contribution in [1.29, 1.82) is 0 Å². The van der Waals surface area contributed by atoms with Gasteiger partial charge >= 0.3 is 11.9 Å². The standard InChI is InChI=1S/C21H25NO5S/c1-2-10-27-21(26)17-13-4-3-5-14(13)28-19(17)22-18(23)15-11-6-8-12(9-7-11)16(15)20(24)25/h6,8,11-12,15-16H,2-5,7,9-10H2,1H3,(H,22,23)(H,24,25)/t11-,12+,15+,16+/m1/s1. The number of anilines is 1. The zero-order valence-electron chi connectivity index (χ0n) is 15.9. The number of hydrogen-bond acceptors (Lipinski definition) is 5. The van der Waals surface area contributed by atoms with Gasteiger partial charge < -0.3 is 15.2 Å². The number of carbonyl (C=O) groups is 3. The molecule has 1 aromatic heterocycles. The monoisotopic (exact) mass is 403 g/mol. The molecule has 2 N–H and O–H groups in total. The molecule has 1 heterocycles. The molecular formula is C21H25NO5S. The molecule has 4 atom stereocenters. The first-order valence-corrected chi connectivity index (χ1v) is 10.9. The molecule has 0 radical (unpaired) electrons. The molecule has 0 aliphatic heterocycles. The van der Waals surface area contributed by atoms with Crippen LogP contribution in [0.1, 0.15) is 53.4 Å². The lowest BCUT2D eigenvalue weighted by Gasteiger charge is -2.41. The fraction of sp³-hybridized carbons (Fsp3) is 0.571. The van der Waals surface area contributed by atoms with E-state index >= 15 is 0 Å². The summed E-state index contributed by atoms with van der Waals surface area (Å²) in [6, 6.07) is 0. The van der Waals surface area contributed by atoms with Gasteiger partial charge in [0.25, 0.3) is 0 Å². The maximum atomic E-state index is 13.1. The van der Waals surface area contributed by atoms with Gasteiger partial charge in [-0.05, 0) is 55.9 Å². The maximum Gasteiger partial charge on any atom is 0.341 e. The Bertz CT molecular complexity index is 842. The van der Waals surface area contributed by atoms with Crippen molar-refractivity contribution in [3.63, 3.8) is 0 Å². The van der Waals surface area contributed by atoms with E-state index in [1.54, 1.807) is 0 Å². The molecule has 0 spiro atoms. The first kappa shape index (κ1) is 19.2. The number of hydrogen-bond donors (Lipinski definition) is 2. The summed E-state index contributed by atoms with van der Waals surface area (Å²) in [4.78, 5) is 38.7. The Morgan fingerprint density at radius 2 is 1.89 bits per heavy atom. The number of allylic oxidation sites excluding steroid dienone is 2. The van der Waals surface area contributed by atoms with Gasteiger partial charge in [0.05, 0.1) is 24.0 Å². The van der Waals surface area contributed by atoms with Crippen LogP contribution in [-0.2, 0) is 27.2 Å². The third kappa shape index (κ3) is 3.26. The number of aliphatic carboxylic acids is 1. The van der Waals surface area contributed by atoms with Crippen molar-refractivity contribution in [1.82, 2.24) is 0 Å². The lowest BCUT2D eigenvalue weighted by molar-refractivity contribution is -0.151. The topological polar surface area (TPSA) is 92.7 Å². The molecule has 2 bridgehead atoms. The number of carbonyl (C=O) groups excluding carboxylic acids is 2. The van der Waals surface area contributed by atoms with Crippen LogP contribution < -0.4 is 5.32 Å². The van der Waals surface area contributed by atoms with E-state index in [0.29, 0.717) is 17.2 Å². The molecule has 0 unspecified atom stereocenters. The highest BCUT2D eigenvalue weighted by molar-refractivity contribution is 7.17. The number of nitrogens with one attached hydrogen (secondary N) is 1. The molecule has 0 aromatic carbocycles. The van der Waals surface area contributed by atoms with Crippen LogP contribution in [0.5, 0.6) is 0 Å². The molecule has 5 rings (SSSR count). The number of esters is 1. The molecular weight excluding hydrogens is 378 g/mol. The van der Waals surface area contributed by atoms with E-state index in [1.165, 1.54) is 11.3 Å². The molecule has 1 fully saturated rings. The van der Waals surface area contributed by atoms with E-state index < -0.39 is 23.8 Å². The maximum absolute atomic E-state index is 13.1. The summed E-state index contributed by atoms with van der Waals surface area (Å²) >= 11 is 1.43. The highest BCUT2D eigenvalue weighted by atomic mass is 32.1. The predicted molar refractivity (Wildman–Crippen MR) is 106 cm³/mol. The Labute approximate surface area is 168 Å². The summed E-state index contributed by atoms with van der Waals surface area (Å²) in [6.07, 6.45) is 9.02. The van der Waals surface area contributed by atoms with E-state index in [1.807, 2.05) is 19.1 Å². The first-order chi connectivity index (χ1) is 13.5. The Kier molecular flexibility index (Phi) is 5.27. The Hall–Kier alpha value is -2.15. The summed E-state index contributed by atoms with van der Waals surface area (Å²) in [7, 11) is 0. The largest absolute Gasteiger partial charge is 0.481 e. The molecule has 4 aliphatic rings. The first-order valence-electron chi connectivity index (χ1n) is 10.0. The summed E-state index contributed by atoms with van der Waals surface area (Å²) in [5, 5.41) is 13.1. The van der Waals surface area contributed by atoms with Crippen molar-refractivity contribution in [2.45, 2.75) is 45.4 Å². The lowest BCUT2D eigenvalue weighted by atomic mass is 9.62. The smallest absolute Gasteiger partial charge is 0.341 e. The molecule has 4 aliphatic carbocycles. The van der Waals surface area contributed by atoms with Gasteiger partial charge in [0, 0.05) is 4.88 Å². The van der Waals surface area contributed by atoms with E-state index in [4.69, 9.17) is 4.74 Å². The molecule has 1 amide bonds. The average molecular weight is 404 g/mol. The Balaban J connectivity index is 1.60. The van der Waals surface area contributed by atoms with Crippen molar-refractivity contribution in [3.05, 3.63) is 28.2 Å². The lowest BCUT2D eigenvalue weighted by Crippen LogP contribution is -2.47. The van der Waals surface area contributed by atoms with Gasteiger partial charge in [-0.2, -0.15) is 0 Å².